The molecule has 0 atom stereocenters. The molecule has 8 nitrogen and oxygen atoms in total. The zero-order chi connectivity index (χ0) is 21.3. The molecule has 152 valence electrons. The van der Waals surface area contributed by atoms with Crippen molar-refractivity contribution in [2.75, 3.05) is 11.9 Å². The van der Waals surface area contributed by atoms with Crippen molar-refractivity contribution in [2.24, 2.45) is 0 Å². The number of aldehydes is 1. The van der Waals surface area contributed by atoms with Crippen LogP contribution in [0, 0.1) is 10.1 Å². The molecule has 8 heteroatoms. The minimum atomic E-state index is -0.614. The van der Waals surface area contributed by atoms with Crippen LogP contribution in [0.5, 0.6) is 11.5 Å². The highest BCUT2D eigenvalue weighted by molar-refractivity contribution is 5.92. The van der Waals surface area contributed by atoms with Gasteiger partial charge in [0.25, 0.3) is 11.6 Å². The summed E-state index contributed by atoms with van der Waals surface area (Å²) in [6, 6.07) is 20.2. The lowest BCUT2D eigenvalue weighted by Gasteiger charge is -2.10. The number of anilines is 1. The first kappa shape index (κ1) is 20.5. The van der Waals surface area contributed by atoms with Crippen LogP contribution < -0.4 is 14.8 Å². The van der Waals surface area contributed by atoms with Crippen molar-refractivity contribution in [1.82, 2.24) is 0 Å². The van der Waals surface area contributed by atoms with Crippen LogP contribution in [0.4, 0.5) is 11.4 Å². The number of benzene rings is 3. The molecule has 0 heterocycles. The highest BCUT2D eigenvalue weighted by Crippen LogP contribution is 2.23. The van der Waals surface area contributed by atoms with E-state index in [1.54, 1.807) is 24.3 Å². The molecule has 3 rings (SSSR count). The Balaban J connectivity index is 1.51. The summed E-state index contributed by atoms with van der Waals surface area (Å²) < 4.78 is 11.0. The maximum atomic E-state index is 12.1. The van der Waals surface area contributed by atoms with Crippen LogP contribution in [0.25, 0.3) is 0 Å². The van der Waals surface area contributed by atoms with Gasteiger partial charge in [0, 0.05) is 17.8 Å². The molecule has 0 radical (unpaired) electrons. The monoisotopic (exact) mass is 406 g/mol. The van der Waals surface area contributed by atoms with Gasteiger partial charge in [-0.15, -0.1) is 0 Å². The Hall–Kier alpha value is -4.20. The number of non-ortho nitro benzene ring substituents is 1. The van der Waals surface area contributed by atoms with Crippen LogP contribution >= 0.6 is 0 Å². The number of nitro groups is 1. The second kappa shape index (κ2) is 9.83. The van der Waals surface area contributed by atoms with Gasteiger partial charge in [0.05, 0.1) is 10.5 Å². The van der Waals surface area contributed by atoms with E-state index in [0.717, 1.165) is 11.6 Å². The highest BCUT2D eigenvalue weighted by atomic mass is 16.6. The Morgan fingerprint density at radius 3 is 2.40 bits per heavy atom. The number of nitrogens with one attached hydrogen (secondary N) is 1. The first-order valence-electron chi connectivity index (χ1n) is 8.98. The SMILES string of the molecule is O=Cc1cc([N+](=O)[O-])ccc1OCC(=O)Nc1ccc(OCc2ccccc2)cc1. The number of hydrogen-bond acceptors (Lipinski definition) is 6. The van der Waals surface area contributed by atoms with E-state index in [0.29, 0.717) is 24.3 Å². The minimum Gasteiger partial charge on any atom is -0.489 e. The van der Waals surface area contributed by atoms with Crippen molar-refractivity contribution >= 4 is 23.6 Å². The molecule has 0 bridgehead atoms. The fraction of sp³-hybridized carbons (Fsp3) is 0.0909. The molecule has 0 saturated carbocycles. The van der Waals surface area contributed by atoms with Crippen molar-refractivity contribution in [3.05, 3.63) is 94.0 Å². The molecule has 30 heavy (non-hydrogen) atoms. The smallest absolute Gasteiger partial charge is 0.270 e. The fourth-order valence-electron chi connectivity index (χ4n) is 2.59. The molecular formula is C22H18N2O6. The average molecular weight is 406 g/mol. The van der Waals surface area contributed by atoms with Gasteiger partial charge in [-0.1, -0.05) is 30.3 Å². The third kappa shape index (κ3) is 5.65. The molecule has 3 aromatic carbocycles. The lowest BCUT2D eigenvalue weighted by Crippen LogP contribution is -2.20. The number of carbonyl (C=O) groups is 2. The topological polar surface area (TPSA) is 108 Å². The van der Waals surface area contributed by atoms with Crippen LogP contribution in [0.2, 0.25) is 0 Å². The van der Waals surface area contributed by atoms with Gasteiger partial charge in [0.15, 0.2) is 12.9 Å². The summed E-state index contributed by atoms with van der Waals surface area (Å²) in [7, 11) is 0. The standard InChI is InChI=1S/C22H18N2O6/c25-13-17-12-19(24(27)28)8-11-21(17)30-15-22(26)23-18-6-9-20(10-7-18)29-14-16-4-2-1-3-5-16/h1-13H,14-15H2,(H,23,26). The molecule has 1 N–H and O–H groups in total. The Morgan fingerprint density at radius 2 is 1.73 bits per heavy atom. The maximum absolute atomic E-state index is 12.1. The van der Waals surface area contributed by atoms with Crippen LogP contribution in [0.1, 0.15) is 15.9 Å². The molecule has 0 aliphatic carbocycles. The summed E-state index contributed by atoms with van der Waals surface area (Å²) in [5, 5.41) is 13.4. The molecule has 0 aromatic heterocycles. The lowest BCUT2D eigenvalue weighted by atomic mass is 10.2. The third-order valence-corrected chi connectivity index (χ3v) is 4.08. The molecule has 0 aliphatic heterocycles. The Bertz CT molecular complexity index is 1040. The van der Waals surface area contributed by atoms with E-state index >= 15 is 0 Å². The Kier molecular flexibility index (Phi) is 6.73. The fourth-order valence-corrected chi connectivity index (χ4v) is 2.59. The van der Waals surface area contributed by atoms with Crippen LogP contribution in [-0.2, 0) is 11.4 Å². The van der Waals surface area contributed by atoms with Crippen molar-refractivity contribution in [3.8, 4) is 11.5 Å². The maximum Gasteiger partial charge on any atom is 0.270 e. The van der Waals surface area contributed by atoms with E-state index in [4.69, 9.17) is 9.47 Å². The van der Waals surface area contributed by atoms with Crippen LogP contribution in [0.3, 0.4) is 0 Å². The van der Waals surface area contributed by atoms with Gasteiger partial charge in [0.2, 0.25) is 0 Å². The minimum absolute atomic E-state index is 0.00285. The summed E-state index contributed by atoms with van der Waals surface area (Å²) in [5.74, 6) is 0.313. The summed E-state index contributed by atoms with van der Waals surface area (Å²) in [6.45, 7) is 0.0829. The molecule has 0 fully saturated rings. The predicted molar refractivity (Wildman–Crippen MR) is 110 cm³/mol. The number of ether oxygens (including phenoxy) is 2. The van der Waals surface area contributed by atoms with Crippen LogP contribution in [-0.4, -0.2) is 23.7 Å². The van der Waals surface area contributed by atoms with E-state index in [9.17, 15) is 19.7 Å². The highest BCUT2D eigenvalue weighted by Gasteiger charge is 2.12. The zero-order valence-corrected chi connectivity index (χ0v) is 15.8. The van der Waals surface area contributed by atoms with Gasteiger partial charge < -0.3 is 14.8 Å². The average Bonchev–Trinajstić information content (AvgIpc) is 2.77. The van der Waals surface area contributed by atoms with Gasteiger partial charge in [-0.2, -0.15) is 0 Å². The summed E-state index contributed by atoms with van der Waals surface area (Å²) in [5.41, 5.74) is 1.36. The van der Waals surface area contributed by atoms with E-state index in [-0.39, 0.29) is 23.6 Å². The third-order valence-electron chi connectivity index (χ3n) is 4.08. The van der Waals surface area contributed by atoms with Crippen molar-refractivity contribution in [2.45, 2.75) is 6.61 Å². The van der Waals surface area contributed by atoms with E-state index in [2.05, 4.69) is 5.32 Å². The Labute approximate surface area is 172 Å². The predicted octanol–water partition coefficient (Wildman–Crippen LogP) is 4.00. The molecule has 1 amide bonds. The molecule has 3 aromatic rings. The van der Waals surface area contributed by atoms with Crippen LogP contribution in [0.15, 0.2) is 72.8 Å². The molecule has 0 unspecified atom stereocenters. The van der Waals surface area contributed by atoms with Crippen molar-refractivity contribution < 1.29 is 24.0 Å². The first-order valence-corrected chi connectivity index (χ1v) is 8.98. The van der Waals surface area contributed by atoms with Gasteiger partial charge in [0.1, 0.15) is 18.1 Å². The van der Waals surface area contributed by atoms with Crippen molar-refractivity contribution in [3.63, 3.8) is 0 Å². The van der Waals surface area contributed by atoms with E-state index in [1.807, 2.05) is 30.3 Å². The number of nitrogens with zero attached hydrogens (tertiary/aromatic N) is 1. The zero-order valence-electron chi connectivity index (χ0n) is 15.8. The van der Waals surface area contributed by atoms with Gasteiger partial charge in [-0.3, -0.25) is 19.7 Å². The number of carbonyl (C=O) groups excluding carboxylic acids is 2. The number of nitro benzene ring substituents is 1. The van der Waals surface area contributed by atoms with Gasteiger partial charge >= 0.3 is 0 Å². The van der Waals surface area contributed by atoms with E-state index in [1.165, 1.54) is 12.1 Å². The summed E-state index contributed by atoms with van der Waals surface area (Å²) in [6.07, 6.45) is 0.439. The van der Waals surface area contributed by atoms with Crippen molar-refractivity contribution in [1.29, 1.82) is 0 Å². The number of hydrogen-bond donors (Lipinski definition) is 1. The molecule has 0 saturated heterocycles. The second-order valence-corrected chi connectivity index (χ2v) is 6.23. The summed E-state index contributed by atoms with van der Waals surface area (Å²) >= 11 is 0. The van der Waals surface area contributed by atoms with Gasteiger partial charge in [-0.05, 0) is 35.9 Å². The molecule has 0 aliphatic rings. The first-order chi connectivity index (χ1) is 14.5. The molecule has 0 spiro atoms. The number of amides is 1. The quantitative estimate of drug-likeness (QED) is 0.327. The van der Waals surface area contributed by atoms with E-state index < -0.39 is 10.8 Å². The normalized spacial score (nSPS) is 10.1. The largest absolute Gasteiger partial charge is 0.489 e. The number of rotatable bonds is 9. The molecular weight excluding hydrogens is 388 g/mol. The lowest BCUT2D eigenvalue weighted by molar-refractivity contribution is -0.384. The second-order valence-electron chi connectivity index (χ2n) is 6.23. The van der Waals surface area contributed by atoms with Gasteiger partial charge in [-0.25, -0.2) is 0 Å². The Morgan fingerprint density at radius 1 is 1.00 bits per heavy atom. The summed E-state index contributed by atoms with van der Waals surface area (Å²) in [4.78, 5) is 33.3.